The fourth-order valence-electron chi connectivity index (χ4n) is 4.44. The van der Waals surface area contributed by atoms with Crippen molar-refractivity contribution >= 4 is 22.8 Å². The number of nitrogens with zero attached hydrogens (tertiary/aromatic N) is 5. The summed E-state index contributed by atoms with van der Waals surface area (Å²) >= 11 is 0. The van der Waals surface area contributed by atoms with E-state index in [0.29, 0.717) is 36.1 Å². The average Bonchev–Trinajstić information content (AvgIpc) is 3.13. The van der Waals surface area contributed by atoms with E-state index in [-0.39, 0.29) is 11.2 Å². The Kier molecular flexibility index (Phi) is 5.64. The standard InChI is InChI=1S/C23H31N5O3/c1-6-7-8-11-26-21(29)19-20(25(4)23(26)30)24-22-27(13-16(3)14-28(19)22)17-12-15(2)9-10-18(17)31-5/h9-10,12,16H,6-8,11,13-14H2,1-5H3. The molecule has 1 aliphatic rings. The summed E-state index contributed by atoms with van der Waals surface area (Å²) in [4.78, 5) is 33.2. The molecule has 3 heterocycles. The second-order valence-corrected chi connectivity index (χ2v) is 8.59. The first-order valence-electron chi connectivity index (χ1n) is 11.0. The van der Waals surface area contributed by atoms with E-state index in [1.165, 1.54) is 9.13 Å². The highest BCUT2D eigenvalue weighted by molar-refractivity contribution is 5.78. The van der Waals surface area contributed by atoms with Gasteiger partial charge in [0.05, 0.1) is 12.8 Å². The maximum atomic E-state index is 13.4. The zero-order valence-corrected chi connectivity index (χ0v) is 19.0. The first-order chi connectivity index (χ1) is 14.9. The second kappa shape index (κ2) is 8.24. The van der Waals surface area contributed by atoms with Crippen LogP contribution in [-0.2, 0) is 20.1 Å². The van der Waals surface area contributed by atoms with Crippen molar-refractivity contribution in [1.29, 1.82) is 0 Å². The van der Waals surface area contributed by atoms with Crippen LogP contribution in [-0.4, -0.2) is 32.3 Å². The minimum atomic E-state index is -0.309. The third kappa shape index (κ3) is 3.54. The molecule has 1 unspecified atom stereocenters. The number of aryl methyl sites for hydroxylation is 2. The maximum absolute atomic E-state index is 13.4. The molecule has 1 aromatic carbocycles. The molecular weight excluding hydrogens is 394 g/mol. The molecule has 0 fully saturated rings. The lowest BCUT2D eigenvalue weighted by Crippen LogP contribution is -2.40. The van der Waals surface area contributed by atoms with Gasteiger partial charge >= 0.3 is 5.69 Å². The predicted octanol–water partition coefficient (Wildman–Crippen LogP) is 3.19. The molecule has 0 saturated heterocycles. The number of methoxy groups -OCH3 is 1. The SMILES string of the molecule is CCCCCn1c(=O)c2c(nc3n2CC(C)CN3c2cc(C)ccc2OC)n(C)c1=O. The first-order valence-corrected chi connectivity index (χ1v) is 11.0. The number of hydrogen-bond acceptors (Lipinski definition) is 5. The van der Waals surface area contributed by atoms with Gasteiger partial charge in [0.25, 0.3) is 5.56 Å². The normalized spacial score (nSPS) is 16.0. The van der Waals surface area contributed by atoms with Crippen molar-refractivity contribution in [2.75, 3.05) is 18.6 Å². The molecule has 8 nitrogen and oxygen atoms in total. The highest BCUT2D eigenvalue weighted by Crippen LogP contribution is 2.38. The van der Waals surface area contributed by atoms with Crippen LogP contribution >= 0.6 is 0 Å². The third-order valence-electron chi connectivity index (χ3n) is 6.05. The number of imidazole rings is 1. The van der Waals surface area contributed by atoms with E-state index >= 15 is 0 Å². The Morgan fingerprint density at radius 3 is 2.68 bits per heavy atom. The molecule has 1 aliphatic heterocycles. The number of ether oxygens (including phenoxy) is 1. The molecular formula is C23H31N5O3. The van der Waals surface area contributed by atoms with Gasteiger partial charge in [-0.25, -0.2) is 4.79 Å². The van der Waals surface area contributed by atoms with Crippen LogP contribution in [0.25, 0.3) is 11.2 Å². The van der Waals surface area contributed by atoms with Crippen LogP contribution in [0.4, 0.5) is 11.6 Å². The molecule has 4 rings (SSSR count). The minimum absolute atomic E-state index is 0.252. The second-order valence-electron chi connectivity index (χ2n) is 8.59. The van der Waals surface area contributed by atoms with Crippen molar-refractivity contribution in [1.82, 2.24) is 18.7 Å². The molecule has 166 valence electrons. The first kappa shape index (κ1) is 21.2. The van der Waals surface area contributed by atoms with Gasteiger partial charge in [0.2, 0.25) is 5.95 Å². The van der Waals surface area contributed by atoms with Crippen LogP contribution in [0.15, 0.2) is 27.8 Å². The number of anilines is 2. The summed E-state index contributed by atoms with van der Waals surface area (Å²) in [5.74, 6) is 1.72. The highest BCUT2D eigenvalue weighted by Gasteiger charge is 2.31. The van der Waals surface area contributed by atoms with Crippen LogP contribution in [0.3, 0.4) is 0 Å². The van der Waals surface area contributed by atoms with Gasteiger partial charge in [-0.1, -0.05) is 32.8 Å². The highest BCUT2D eigenvalue weighted by atomic mass is 16.5. The van der Waals surface area contributed by atoms with Crippen molar-refractivity contribution in [2.24, 2.45) is 13.0 Å². The van der Waals surface area contributed by atoms with E-state index in [9.17, 15) is 9.59 Å². The lowest BCUT2D eigenvalue weighted by Gasteiger charge is -2.33. The molecule has 2 aromatic heterocycles. The summed E-state index contributed by atoms with van der Waals surface area (Å²) in [5, 5.41) is 0. The van der Waals surface area contributed by atoms with E-state index < -0.39 is 0 Å². The van der Waals surface area contributed by atoms with Crippen LogP contribution in [0.5, 0.6) is 5.75 Å². The van der Waals surface area contributed by atoms with Gasteiger partial charge in [0.15, 0.2) is 11.2 Å². The van der Waals surface area contributed by atoms with E-state index in [1.54, 1.807) is 14.2 Å². The van der Waals surface area contributed by atoms with E-state index in [2.05, 4.69) is 24.8 Å². The Bertz CT molecular complexity index is 1240. The average molecular weight is 426 g/mol. The Balaban J connectivity index is 1.95. The summed E-state index contributed by atoms with van der Waals surface area (Å²) < 4.78 is 10.5. The van der Waals surface area contributed by atoms with Gasteiger partial charge in [0, 0.05) is 26.7 Å². The van der Waals surface area contributed by atoms with Crippen LogP contribution < -0.4 is 20.9 Å². The van der Waals surface area contributed by atoms with Crippen molar-refractivity contribution in [2.45, 2.75) is 53.1 Å². The van der Waals surface area contributed by atoms with Gasteiger partial charge < -0.3 is 14.2 Å². The Morgan fingerprint density at radius 1 is 1.19 bits per heavy atom. The van der Waals surface area contributed by atoms with E-state index in [4.69, 9.17) is 9.72 Å². The predicted molar refractivity (Wildman–Crippen MR) is 123 cm³/mol. The smallest absolute Gasteiger partial charge is 0.332 e. The number of hydrogen-bond donors (Lipinski definition) is 0. The van der Waals surface area contributed by atoms with Crippen molar-refractivity contribution in [3.05, 3.63) is 44.6 Å². The summed E-state index contributed by atoms with van der Waals surface area (Å²) in [6.45, 7) is 8.16. The van der Waals surface area contributed by atoms with Gasteiger partial charge in [-0.2, -0.15) is 4.98 Å². The molecule has 0 amide bonds. The Hall–Kier alpha value is -3.03. The fourth-order valence-corrected chi connectivity index (χ4v) is 4.44. The molecule has 1 atom stereocenters. The monoisotopic (exact) mass is 425 g/mol. The van der Waals surface area contributed by atoms with E-state index in [1.807, 2.05) is 23.6 Å². The summed E-state index contributed by atoms with van der Waals surface area (Å²) in [7, 11) is 3.35. The third-order valence-corrected chi connectivity index (χ3v) is 6.05. The van der Waals surface area contributed by atoms with Crippen LogP contribution in [0.1, 0.15) is 38.7 Å². The summed E-state index contributed by atoms with van der Waals surface area (Å²) in [6.07, 6.45) is 2.82. The van der Waals surface area contributed by atoms with E-state index in [0.717, 1.165) is 42.8 Å². The molecule has 31 heavy (non-hydrogen) atoms. The number of rotatable bonds is 6. The number of unbranched alkanes of at least 4 members (excludes halogenated alkanes) is 2. The van der Waals surface area contributed by atoms with Crippen LogP contribution in [0.2, 0.25) is 0 Å². The number of benzene rings is 1. The number of fused-ring (bicyclic) bond motifs is 3. The maximum Gasteiger partial charge on any atom is 0.332 e. The Morgan fingerprint density at radius 2 is 1.97 bits per heavy atom. The lowest BCUT2D eigenvalue weighted by atomic mass is 10.1. The molecule has 0 aliphatic carbocycles. The zero-order valence-electron chi connectivity index (χ0n) is 19.0. The minimum Gasteiger partial charge on any atom is -0.495 e. The molecule has 0 bridgehead atoms. The quantitative estimate of drug-likeness (QED) is 0.567. The largest absolute Gasteiger partial charge is 0.495 e. The molecule has 3 aromatic rings. The lowest BCUT2D eigenvalue weighted by molar-refractivity contribution is 0.409. The van der Waals surface area contributed by atoms with Gasteiger partial charge in [-0.05, 0) is 37.0 Å². The molecule has 0 N–H and O–H groups in total. The number of aromatic nitrogens is 4. The summed E-state index contributed by atoms with van der Waals surface area (Å²) in [6, 6.07) is 6.04. The summed E-state index contributed by atoms with van der Waals surface area (Å²) in [5.41, 5.74) is 2.40. The van der Waals surface area contributed by atoms with Gasteiger partial charge in [-0.15, -0.1) is 0 Å². The van der Waals surface area contributed by atoms with Crippen molar-refractivity contribution in [3.63, 3.8) is 0 Å². The van der Waals surface area contributed by atoms with Gasteiger partial charge in [0.1, 0.15) is 5.75 Å². The molecule has 0 radical (unpaired) electrons. The van der Waals surface area contributed by atoms with Gasteiger partial charge in [-0.3, -0.25) is 13.9 Å². The Labute approximate surface area is 181 Å². The molecule has 8 heteroatoms. The van der Waals surface area contributed by atoms with Crippen molar-refractivity contribution < 1.29 is 4.74 Å². The zero-order chi connectivity index (χ0) is 22.3. The molecule has 0 saturated carbocycles. The van der Waals surface area contributed by atoms with Crippen LogP contribution in [0, 0.1) is 12.8 Å². The topological polar surface area (TPSA) is 74.3 Å². The van der Waals surface area contributed by atoms with Crippen molar-refractivity contribution in [3.8, 4) is 5.75 Å². The molecule has 0 spiro atoms. The fraction of sp³-hybridized carbons (Fsp3) is 0.522.